The molecule has 6 nitrogen and oxygen atoms in total. The van der Waals surface area contributed by atoms with Crippen molar-refractivity contribution in [2.24, 2.45) is 0 Å². The molecule has 0 aliphatic carbocycles. The number of carbonyl (C=O) groups excluding carboxylic acids is 3. The van der Waals surface area contributed by atoms with Crippen molar-refractivity contribution in [3.63, 3.8) is 0 Å². The fraction of sp³-hybridized carbons (Fsp3) is 0.712. The second-order valence-electron chi connectivity index (χ2n) is 15.6. The smallest absolute Gasteiger partial charge is 0.306 e. The summed E-state index contributed by atoms with van der Waals surface area (Å²) in [6, 6.07) is 0. The van der Waals surface area contributed by atoms with Crippen molar-refractivity contribution >= 4 is 17.9 Å². The summed E-state index contributed by atoms with van der Waals surface area (Å²) < 4.78 is 16.6. The third kappa shape index (κ3) is 44.0. The van der Waals surface area contributed by atoms with Gasteiger partial charge in [0, 0.05) is 19.3 Å². The topological polar surface area (TPSA) is 78.9 Å². The Morgan fingerprint density at radius 1 is 0.362 bits per heavy atom. The average Bonchev–Trinajstić information content (AvgIpc) is 3.22. The average molecular weight is 809 g/mol. The molecule has 0 heterocycles. The first-order chi connectivity index (χ1) is 28.5. The molecule has 0 spiro atoms. The Kier molecular flexibility index (Phi) is 44.0. The van der Waals surface area contributed by atoms with Gasteiger partial charge in [-0.05, 0) is 70.6 Å². The Morgan fingerprint density at radius 2 is 0.672 bits per heavy atom. The Balaban J connectivity index is 4.28. The zero-order chi connectivity index (χ0) is 42.3. The summed E-state index contributed by atoms with van der Waals surface area (Å²) in [4.78, 5) is 37.5. The van der Waals surface area contributed by atoms with Crippen LogP contribution in [0.15, 0.2) is 72.9 Å². The van der Waals surface area contributed by atoms with E-state index < -0.39 is 6.10 Å². The van der Waals surface area contributed by atoms with Crippen LogP contribution < -0.4 is 0 Å². The zero-order valence-electron chi connectivity index (χ0n) is 37.8. The van der Waals surface area contributed by atoms with Crippen molar-refractivity contribution in [2.75, 3.05) is 13.2 Å². The third-order valence-corrected chi connectivity index (χ3v) is 9.98. The number of hydrogen-bond acceptors (Lipinski definition) is 6. The molecule has 0 aliphatic heterocycles. The van der Waals surface area contributed by atoms with Gasteiger partial charge in [-0.15, -0.1) is 0 Å². The predicted octanol–water partition coefficient (Wildman–Crippen LogP) is 15.5. The van der Waals surface area contributed by atoms with E-state index in [0.29, 0.717) is 19.3 Å². The molecule has 0 rings (SSSR count). The van der Waals surface area contributed by atoms with Gasteiger partial charge in [0.2, 0.25) is 0 Å². The molecular weight excluding hydrogens is 721 g/mol. The molecule has 0 saturated carbocycles. The lowest BCUT2D eigenvalue weighted by Gasteiger charge is -2.18. The van der Waals surface area contributed by atoms with E-state index in [-0.39, 0.29) is 31.1 Å². The van der Waals surface area contributed by atoms with Crippen molar-refractivity contribution in [1.29, 1.82) is 0 Å². The fourth-order valence-corrected chi connectivity index (χ4v) is 6.38. The van der Waals surface area contributed by atoms with Gasteiger partial charge >= 0.3 is 17.9 Å². The Hall–Kier alpha value is -3.15. The molecular formula is C52H88O6. The van der Waals surface area contributed by atoms with E-state index in [1.165, 1.54) is 77.0 Å². The SMILES string of the molecule is CC/C=C\C/C=C\C/C=C\C/C=C\C/C=C\C/C=C\CCCCC(=O)OCC(COC(=O)CCCCCCC)OC(=O)CCCCCCCCCCCCCCCC. The van der Waals surface area contributed by atoms with Crippen LogP contribution in [-0.2, 0) is 28.6 Å². The molecule has 0 bridgehead atoms. The largest absolute Gasteiger partial charge is 0.462 e. The van der Waals surface area contributed by atoms with Gasteiger partial charge in [-0.3, -0.25) is 14.4 Å². The van der Waals surface area contributed by atoms with Gasteiger partial charge in [-0.2, -0.15) is 0 Å². The van der Waals surface area contributed by atoms with Crippen LogP contribution in [0.4, 0.5) is 0 Å². The molecule has 58 heavy (non-hydrogen) atoms. The molecule has 332 valence electrons. The molecule has 0 aromatic heterocycles. The molecule has 1 unspecified atom stereocenters. The molecule has 1 atom stereocenters. The minimum atomic E-state index is -0.786. The highest BCUT2D eigenvalue weighted by Crippen LogP contribution is 2.14. The van der Waals surface area contributed by atoms with Crippen molar-refractivity contribution in [3.8, 4) is 0 Å². The van der Waals surface area contributed by atoms with Crippen molar-refractivity contribution < 1.29 is 28.6 Å². The summed E-state index contributed by atoms with van der Waals surface area (Å²) in [5, 5.41) is 0. The maximum Gasteiger partial charge on any atom is 0.306 e. The van der Waals surface area contributed by atoms with Crippen molar-refractivity contribution in [2.45, 2.75) is 226 Å². The third-order valence-electron chi connectivity index (χ3n) is 9.98. The second kappa shape index (κ2) is 46.5. The minimum absolute atomic E-state index is 0.0891. The first-order valence-electron chi connectivity index (χ1n) is 23.9. The lowest BCUT2D eigenvalue weighted by atomic mass is 10.0. The van der Waals surface area contributed by atoms with Gasteiger partial charge in [0.1, 0.15) is 13.2 Å². The molecule has 0 aliphatic rings. The summed E-state index contributed by atoms with van der Waals surface area (Å²) in [7, 11) is 0. The maximum absolute atomic E-state index is 12.7. The molecule has 0 fully saturated rings. The summed E-state index contributed by atoms with van der Waals surface area (Å²) in [5.41, 5.74) is 0. The normalized spacial score (nSPS) is 12.7. The highest BCUT2D eigenvalue weighted by Gasteiger charge is 2.19. The Bertz CT molecular complexity index is 1110. The molecule has 0 radical (unpaired) electrons. The van der Waals surface area contributed by atoms with Gasteiger partial charge in [-0.25, -0.2) is 0 Å². The van der Waals surface area contributed by atoms with E-state index in [2.05, 4.69) is 93.7 Å². The summed E-state index contributed by atoms with van der Waals surface area (Å²) >= 11 is 0. The quantitative estimate of drug-likeness (QED) is 0.0264. The van der Waals surface area contributed by atoms with E-state index >= 15 is 0 Å². The fourth-order valence-electron chi connectivity index (χ4n) is 6.38. The van der Waals surface area contributed by atoms with Gasteiger partial charge in [0.25, 0.3) is 0 Å². The van der Waals surface area contributed by atoms with Crippen LogP contribution in [-0.4, -0.2) is 37.2 Å². The summed E-state index contributed by atoms with van der Waals surface area (Å²) in [5.74, 6) is -0.949. The lowest BCUT2D eigenvalue weighted by Crippen LogP contribution is -2.30. The highest BCUT2D eigenvalue weighted by molar-refractivity contribution is 5.71. The molecule has 0 amide bonds. The maximum atomic E-state index is 12.7. The van der Waals surface area contributed by atoms with Gasteiger partial charge in [0.15, 0.2) is 6.10 Å². The Labute approximate surface area is 357 Å². The van der Waals surface area contributed by atoms with Gasteiger partial charge in [-0.1, -0.05) is 203 Å². The molecule has 0 aromatic carbocycles. The summed E-state index contributed by atoms with van der Waals surface area (Å²) in [6.45, 7) is 6.39. The van der Waals surface area contributed by atoms with E-state index in [4.69, 9.17) is 14.2 Å². The van der Waals surface area contributed by atoms with E-state index in [0.717, 1.165) is 103 Å². The van der Waals surface area contributed by atoms with Crippen LogP contribution in [0, 0.1) is 0 Å². The lowest BCUT2D eigenvalue weighted by molar-refractivity contribution is -0.167. The highest BCUT2D eigenvalue weighted by atomic mass is 16.6. The molecule has 0 aromatic rings. The van der Waals surface area contributed by atoms with E-state index in [1.54, 1.807) is 0 Å². The number of allylic oxidation sites excluding steroid dienone is 12. The number of esters is 3. The van der Waals surface area contributed by atoms with Crippen LogP contribution in [0.2, 0.25) is 0 Å². The van der Waals surface area contributed by atoms with Gasteiger partial charge < -0.3 is 14.2 Å². The first-order valence-corrected chi connectivity index (χ1v) is 23.9. The number of rotatable bonds is 42. The standard InChI is InChI=1S/C52H88O6/c1-4-7-10-13-15-17-19-21-23-24-25-26-27-28-29-31-32-34-36-39-42-45-51(54)57-48-49(47-56-50(53)44-41-38-12-9-6-3)58-52(55)46-43-40-37-35-33-30-22-20-18-16-14-11-8-5-2/h7,10,15,17,21,23,25-26,28-29,32,34,49H,4-6,8-9,11-14,16,18-20,22,24,27,30-31,33,35-48H2,1-3H3/b10-7-,17-15-,23-21-,26-25-,29-28-,34-32-. The van der Waals surface area contributed by atoms with Crippen LogP contribution in [0.5, 0.6) is 0 Å². The molecule has 6 heteroatoms. The zero-order valence-corrected chi connectivity index (χ0v) is 37.8. The monoisotopic (exact) mass is 809 g/mol. The Morgan fingerprint density at radius 3 is 1.05 bits per heavy atom. The number of carbonyl (C=O) groups is 3. The van der Waals surface area contributed by atoms with Gasteiger partial charge in [0.05, 0.1) is 0 Å². The minimum Gasteiger partial charge on any atom is -0.462 e. The van der Waals surface area contributed by atoms with E-state index in [9.17, 15) is 14.4 Å². The van der Waals surface area contributed by atoms with Crippen LogP contribution in [0.3, 0.4) is 0 Å². The number of unbranched alkanes of at least 4 members (excludes halogenated alkanes) is 19. The predicted molar refractivity (Wildman–Crippen MR) is 247 cm³/mol. The molecule has 0 N–H and O–H groups in total. The molecule has 0 saturated heterocycles. The van der Waals surface area contributed by atoms with Crippen LogP contribution in [0.1, 0.15) is 220 Å². The summed E-state index contributed by atoms with van der Waals surface area (Å²) in [6.07, 6.45) is 57.8. The second-order valence-corrected chi connectivity index (χ2v) is 15.6. The number of ether oxygens (including phenoxy) is 3. The van der Waals surface area contributed by atoms with Crippen molar-refractivity contribution in [1.82, 2.24) is 0 Å². The van der Waals surface area contributed by atoms with Crippen molar-refractivity contribution in [3.05, 3.63) is 72.9 Å². The first kappa shape index (κ1) is 54.9. The number of hydrogen-bond donors (Lipinski definition) is 0. The van der Waals surface area contributed by atoms with E-state index in [1.807, 2.05) is 0 Å². The van der Waals surface area contributed by atoms with Crippen LogP contribution >= 0.6 is 0 Å². The van der Waals surface area contributed by atoms with Crippen LogP contribution in [0.25, 0.3) is 0 Å².